The van der Waals surface area contributed by atoms with Crippen LogP contribution < -0.4 is 10.1 Å². The number of rotatable bonds is 6. The van der Waals surface area contributed by atoms with E-state index in [9.17, 15) is 9.18 Å². The summed E-state index contributed by atoms with van der Waals surface area (Å²) >= 11 is 3.18. The maximum Gasteiger partial charge on any atom is 0.254 e. The average Bonchev–Trinajstić information content (AvgIpc) is 2.57. The lowest BCUT2D eigenvalue weighted by atomic mass is 10.1. The lowest BCUT2D eigenvalue weighted by Crippen LogP contribution is -2.26. The summed E-state index contributed by atoms with van der Waals surface area (Å²) in [6, 6.07) is 7.18. The number of aliphatic hydroxyl groups excluding tert-OH is 1. The van der Waals surface area contributed by atoms with E-state index in [1.54, 1.807) is 19.2 Å². The first-order valence-corrected chi connectivity index (χ1v) is 7.71. The molecular formula is C16H16BrFN2O3. The molecule has 5 nitrogen and oxygen atoms in total. The SMILES string of the molecule is COc1ccc(CNC(=O)c2c(F)cnc(Br)c2CCO)cc1. The topological polar surface area (TPSA) is 71.5 Å². The van der Waals surface area contributed by atoms with Gasteiger partial charge in [0.1, 0.15) is 10.4 Å². The number of ether oxygens (including phenoxy) is 1. The number of carbonyl (C=O) groups excluding carboxylic acids is 1. The molecule has 0 unspecified atom stereocenters. The van der Waals surface area contributed by atoms with Crippen LogP contribution in [0.3, 0.4) is 0 Å². The molecule has 0 atom stereocenters. The van der Waals surface area contributed by atoms with Gasteiger partial charge in [-0.05, 0) is 40.0 Å². The van der Waals surface area contributed by atoms with E-state index in [1.807, 2.05) is 12.1 Å². The lowest BCUT2D eigenvalue weighted by Gasteiger charge is -2.12. The van der Waals surface area contributed by atoms with E-state index in [0.717, 1.165) is 17.5 Å². The summed E-state index contributed by atoms with van der Waals surface area (Å²) in [5, 5.41) is 11.8. The zero-order valence-corrected chi connectivity index (χ0v) is 14.1. The predicted octanol–water partition coefficient (Wildman–Crippen LogP) is 2.46. The summed E-state index contributed by atoms with van der Waals surface area (Å²) in [6.45, 7) is 0.0449. The molecular weight excluding hydrogens is 367 g/mol. The Hall–Kier alpha value is -1.99. The summed E-state index contributed by atoms with van der Waals surface area (Å²) in [4.78, 5) is 16.1. The van der Waals surface area contributed by atoms with Gasteiger partial charge in [-0.25, -0.2) is 9.37 Å². The van der Waals surface area contributed by atoms with E-state index in [-0.39, 0.29) is 25.1 Å². The van der Waals surface area contributed by atoms with Gasteiger partial charge in [0.15, 0.2) is 5.82 Å². The van der Waals surface area contributed by atoms with Crippen LogP contribution in [0.1, 0.15) is 21.5 Å². The number of amides is 1. The monoisotopic (exact) mass is 382 g/mol. The van der Waals surface area contributed by atoms with Gasteiger partial charge in [0.25, 0.3) is 5.91 Å². The zero-order chi connectivity index (χ0) is 16.8. The molecule has 0 fully saturated rings. The average molecular weight is 383 g/mol. The largest absolute Gasteiger partial charge is 0.497 e. The molecule has 2 N–H and O–H groups in total. The Labute approximate surface area is 141 Å². The van der Waals surface area contributed by atoms with E-state index >= 15 is 0 Å². The van der Waals surface area contributed by atoms with E-state index in [1.165, 1.54) is 0 Å². The zero-order valence-electron chi connectivity index (χ0n) is 12.5. The van der Waals surface area contributed by atoms with E-state index in [4.69, 9.17) is 9.84 Å². The molecule has 0 aliphatic carbocycles. The number of nitrogens with one attached hydrogen (secondary N) is 1. The smallest absolute Gasteiger partial charge is 0.254 e. The third-order valence-electron chi connectivity index (χ3n) is 3.28. The van der Waals surface area contributed by atoms with Crippen LogP contribution in [-0.2, 0) is 13.0 Å². The van der Waals surface area contributed by atoms with E-state index < -0.39 is 11.7 Å². The Morgan fingerprint density at radius 1 is 1.39 bits per heavy atom. The second-order valence-corrected chi connectivity index (χ2v) is 5.51. The van der Waals surface area contributed by atoms with Crippen LogP contribution in [0.25, 0.3) is 0 Å². The van der Waals surface area contributed by atoms with Gasteiger partial charge in [0.05, 0.1) is 18.9 Å². The number of aromatic nitrogens is 1. The Balaban J connectivity index is 2.15. The summed E-state index contributed by atoms with van der Waals surface area (Å²) < 4.78 is 19.4. The molecule has 0 aliphatic heterocycles. The molecule has 0 radical (unpaired) electrons. The Morgan fingerprint density at radius 2 is 2.09 bits per heavy atom. The highest BCUT2D eigenvalue weighted by Gasteiger charge is 2.19. The van der Waals surface area contributed by atoms with Gasteiger partial charge in [-0.2, -0.15) is 0 Å². The van der Waals surface area contributed by atoms with Gasteiger partial charge in [0.2, 0.25) is 0 Å². The van der Waals surface area contributed by atoms with Crippen LogP contribution in [0.15, 0.2) is 35.1 Å². The van der Waals surface area contributed by atoms with Crippen LogP contribution in [0.2, 0.25) is 0 Å². The van der Waals surface area contributed by atoms with E-state index in [0.29, 0.717) is 10.2 Å². The molecule has 0 spiro atoms. The predicted molar refractivity (Wildman–Crippen MR) is 86.8 cm³/mol. The number of hydrogen-bond donors (Lipinski definition) is 2. The fourth-order valence-corrected chi connectivity index (χ4v) is 2.60. The normalized spacial score (nSPS) is 10.4. The standard InChI is InChI=1S/C16H16BrFN2O3/c1-23-11-4-2-10(3-5-11)8-20-16(22)14-12(6-7-21)15(17)19-9-13(14)18/h2-5,9,21H,6-8H2,1H3,(H,20,22). The van der Waals surface area contributed by atoms with Crippen LogP contribution in [0.4, 0.5) is 4.39 Å². The number of pyridine rings is 1. The number of nitrogens with zero attached hydrogens (tertiary/aromatic N) is 1. The molecule has 1 heterocycles. The maximum absolute atomic E-state index is 14.0. The lowest BCUT2D eigenvalue weighted by molar-refractivity contribution is 0.0945. The quantitative estimate of drug-likeness (QED) is 0.752. The highest BCUT2D eigenvalue weighted by atomic mass is 79.9. The van der Waals surface area contributed by atoms with Crippen molar-refractivity contribution in [3.63, 3.8) is 0 Å². The minimum atomic E-state index is -0.719. The minimum Gasteiger partial charge on any atom is -0.497 e. The molecule has 0 bridgehead atoms. The number of methoxy groups -OCH3 is 1. The molecule has 2 aromatic rings. The summed E-state index contributed by atoms with van der Waals surface area (Å²) in [6.07, 6.45) is 1.11. The number of benzene rings is 1. The fourth-order valence-electron chi connectivity index (χ4n) is 2.10. The molecule has 0 saturated heterocycles. The minimum absolute atomic E-state index is 0.102. The van der Waals surface area contributed by atoms with Gasteiger partial charge in [-0.3, -0.25) is 4.79 Å². The first-order valence-electron chi connectivity index (χ1n) is 6.91. The molecule has 0 saturated carbocycles. The maximum atomic E-state index is 14.0. The Bertz CT molecular complexity index is 692. The highest BCUT2D eigenvalue weighted by molar-refractivity contribution is 9.10. The number of hydrogen-bond acceptors (Lipinski definition) is 4. The van der Waals surface area contributed by atoms with Crippen LogP contribution >= 0.6 is 15.9 Å². The van der Waals surface area contributed by atoms with Crippen molar-refractivity contribution in [2.75, 3.05) is 13.7 Å². The van der Waals surface area contributed by atoms with Gasteiger partial charge in [-0.1, -0.05) is 12.1 Å². The molecule has 2 rings (SSSR count). The molecule has 1 aromatic carbocycles. The van der Waals surface area contributed by atoms with Crippen LogP contribution in [-0.4, -0.2) is 29.7 Å². The van der Waals surface area contributed by atoms with Gasteiger partial charge >= 0.3 is 0 Å². The van der Waals surface area contributed by atoms with Crippen molar-refractivity contribution in [3.05, 3.63) is 57.6 Å². The summed E-state index contributed by atoms with van der Waals surface area (Å²) in [5.41, 5.74) is 1.10. The molecule has 0 aliphatic rings. The summed E-state index contributed by atoms with van der Waals surface area (Å²) in [5.74, 6) is -0.553. The molecule has 1 aromatic heterocycles. The van der Waals surface area contributed by atoms with Gasteiger partial charge in [-0.15, -0.1) is 0 Å². The number of aliphatic hydroxyl groups is 1. The third kappa shape index (κ3) is 4.27. The molecule has 7 heteroatoms. The van der Waals surface area contributed by atoms with Crippen molar-refractivity contribution in [2.24, 2.45) is 0 Å². The van der Waals surface area contributed by atoms with Crippen molar-refractivity contribution in [2.45, 2.75) is 13.0 Å². The molecule has 122 valence electrons. The number of carbonyl (C=O) groups is 1. The van der Waals surface area contributed by atoms with Crippen LogP contribution in [0, 0.1) is 5.82 Å². The second-order valence-electron chi connectivity index (χ2n) is 4.75. The van der Waals surface area contributed by atoms with E-state index in [2.05, 4.69) is 26.2 Å². The van der Waals surface area contributed by atoms with Gasteiger partial charge in [0, 0.05) is 18.7 Å². The van der Waals surface area contributed by atoms with Crippen molar-refractivity contribution in [3.8, 4) is 5.75 Å². The van der Waals surface area contributed by atoms with Gasteiger partial charge < -0.3 is 15.2 Å². The summed E-state index contributed by atoms with van der Waals surface area (Å²) in [7, 11) is 1.57. The molecule has 1 amide bonds. The Morgan fingerprint density at radius 3 is 2.70 bits per heavy atom. The van der Waals surface area contributed by atoms with Crippen molar-refractivity contribution >= 4 is 21.8 Å². The van der Waals surface area contributed by atoms with Crippen molar-refractivity contribution in [1.29, 1.82) is 0 Å². The second kappa shape index (κ2) is 8.03. The van der Waals surface area contributed by atoms with Crippen LogP contribution in [0.5, 0.6) is 5.75 Å². The Kier molecular flexibility index (Phi) is 6.06. The first-order chi connectivity index (χ1) is 11.1. The number of halogens is 2. The van der Waals surface area contributed by atoms with Crippen molar-refractivity contribution < 1.29 is 19.0 Å². The van der Waals surface area contributed by atoms with Crippen molar-refractivity contribution in [1.82, 2.24) is 10.3 Å². The fraction of sp³-hybridized carbons (Fsp3) is 0.250. The first kappa shape index (κ1) is 17.4. The third-order valence-corrected chi connectivity index (χ3v) is 3.97. The highest BCUT2D eigenvalue weighted by Crippen LogP contribution is 2.21. The molecule has 23 heavy (non-hydrogen) atoms.